The third-order valence-corrected chi connectivity index (χ3v) is 3.60. The summed E-state index contributed by atoms with van der Waals surface area (Å²) >= 11 is 0. The van der Waals surface area contributed by atoms with Gasteiger partial charge < -0.3 is 20.4 Å². The summed E-state index contributed by atoms with van der Waals surface area (Å²) in [5.74, 6) is -1.08. The van der Waals surface area contributed by atoms with E-state index >= 15 is 0 Å². The molecule has 1 saturated heterocycles. The molecule has 1 aromatic carbocycles. The third-order valence-electron chi connectivity index (χ3n) is 3.60. The molecule has 0 spiro atoms. The van der Waals surface area contributed by atoms with E-state index in [2.05, 4.69) is 5.32 Å². The Balaban J connectivity index is 1.85. The summed E-state index contributed by atoms with van der Waals surface area (Å²) in [5.41, 5.74) is 2.28. The molecule has 1 aromatic rings. The number of hydrogen-bond acceptors (Lipinski definition) is 3. The van der Waals surface area contributed by atoms with Crippen LogP contribution in [0.4, 0.5) is 4.79 Å². The van der Waals surface area contributed by atoms with Crippen LogP contribution >= 0.6 is 0 Å². The van der Waals surface area contributed by atoms with Crippen LogP contribution in [0.25, 0.3) is 0 Å². The molecule has 0 radical (unpaired) electrons. The van der Waals surface area contributed by atoms with Gasteiger partial charge in [-0.25, -0.2) is 9.59 Å². The monoisotopic (exact) mass is 292 g/mol. The number of urea groups is 1. The number of amides is 2. The number of benzene rings is 1. The normalized spacial score (nSPS) is 21.3. The minimum atomic E-state index is -1.08. The lowest BCUT2D eigenvalue weighted by atomic mass is 10.1. The lowest BCUT2D eigenvalue weighted by Crippen LogP contribution is -2.46. The number of aliphatic carboxylic acids is 1. The molecule has 2 rings (SSSR count). The van der Waals surface area contributed by atoms with Gasteiger partial charge in [0.05, 0.1) is 6.10 Å². The van der Waals surface area contributed by atoms with Gasteiger partial charge in [0.15, 0.2) is 0 Å². The standard InChI is InChI=1S/C15H20N2O4/c1-10-3-2-4-11(7-10)5-6-16-15(21)17-9-12(18)8-13(17)14(19)20/h2-4,7,12-13,18H,5-6,8-9H2,1H3,(H,16,21)(H,19,20)/t12?,13-/m0/s1. The van der Waals surface area contributed by atoms with E-state index in [0.29, 0.717) is 13.0 Å². The van der Waals surface area contributed by atoms with Crippen LogP contribution in [0.1, 0.15) is 17.5 Å². The number of nitrogens with zero attached hydrogens (tertiary/aromatic N) is 1. The maximum atomic E-state index is 12.0. The van der Waals surface area contributed by atoms with Gasteiger partial charge in [0.25, 0.3) is 0 Å². The van der Waals surface area contributed by atoms with E-state index < -0.39 is 24.1 Å². The smallest absolute Gasteiger partial charge is 0.326 e. The molecule has 2 amide bonds. The van der Waals surface area contributed by atoms with Crippen LogP contribution in [0.2, 0.25) is 0 Å². The molecule has 0 aliphatic carbocycles. The van der Waals surface area contributed by atoms with E-state index in [9.17, 15) is 14.7 Å². The number of nitrogens with one attached hydrogen (secondary N) is 1. The zero-order chi connectivity index (χ0) is 15.4. The molecule has 0 aromatic heterocycles. The van der Waals surface area contributed by atoms with E-state index in [1.165, 1.54) is 4.90 Å². The van der Waals surface area contributed by atoms with Gasteiger partial charge in [-0.3, -0.25) is 0 Å². The summed E-state index contributed by atoms with van der Waals surface area (Å²) in [4.78, 5) is 24.2. The molecule has 21 heavy (non-hydrogen) atoms. The van der Waals surface area contributed by atoms with Crippen molar-refractivity contribution in [1.29, 1.82) is 0 Å². The van der Waals surface area contributed by atoms with Crippen molar-refractivity contribution in [2.24, 2.45) is 0 Å². The second-order valence-corrected chi connectivity index (χ2v) is 5.37. The fourth-order valence-corrected chi connectivity index (χ4v) is 2.56. The van der Waals surface area contributed by atoms with Crippen LogP contribution in [-0.4, -0.2) is 52.3 Å². The summed E-state index contributed by atoms with van der Waals surface area (Å²) in [7, 11) is 0. The third kappa shape index (κ3) is 3.95. The zero-order valence-electron chi connectivity index (χ0n) is 12.0. The average molecular weight is 292 g/mol. The number of carbonyl (C=O) groups is 2. The second kappa shape index (κ2) is 6.58. The first-order valence-corrected chi connectivity index (χ1v) is 6.98. The molecule has 1 aliphatic rings. The Morgan fingerprint density at radius 1 is 1.43 bits per heavy atom. The van der Waals surface area contributed by atoms with Gasteiger partial charge in [0.1, 0.15) is 6.04 Å². The molecular weight excluding hydrogens is 272 g/mol. The number of aliphatic hydroxyl groups is 1. The van der Waals surface area contributed by atoms with Crippen molar-refractivity contribution < 1.29 is 19.8 Å². The summed E-state index contributed by atoms with van der Waals surface area (Å²) in [6, 6.07) is 6.62. The number of likely N-dealkylation sites (tertiary alicyclic amines) is 1. The van der Waals surface area contributed by atoms with Crippen LogP contribution in [0, 0.1) is 6.92 Å². The lowest BCUT2D eigenvalue weighted by molar-refractivity contribution is -0.141. The number of β-amino-alcohol motifs (C(OH)–C–C–N with tert-alkyl or cyclic N) is 1. The number of carboxylic acid groups (broad SMARTS) is 1. The highest BCUT2D eigenvalue weighted by molar-refractivity contribution is 5.83. The van der Waals surface area contributed by atoms with Crippen molar-refractivity contribution in [2.45, 2.75) is 31.9 Å². The molecular formula is C15H20N2O4. The molecule has 1 heterocycles. The lowest BCUT2D eigenvalue weighted by Gasteiger charge is -2.21. The quantitative estimate of drug-likeness (QED) is 0.764. The molecule has 114 valence electrons. The first kappa shape index (κ1) is 15.3. The van der Waals surface area contributed by atoms with Crippen LogP contribution in [0.3, 0.4) is 0 Å². The van der Waals surface area contributed by atoms with Gasteiger partial charge in [0.2, 0.25) is 0 Å². The Bertz CT molecular complexity index is 532. The van der Waals surface area contributed by atoms with Crippen molar-refractivity contribution in [3.63, 3.8) is 0 Å². The molecule has 0 saturated carbocycles. The average Bonchev–Trinajstić information content (AvgIpc) is 2.81. The van der Waals surface area contributed by atoms with Gasteiger partial charge >= 0.3 is 12.0 Å². The molecule has 1 unspecified atom stereocenters. The van der Waals surface area contributed by atoms with Crippen LogP contribution in [0.15, 0.2) is 24.3 Å². The molecule has 1 fully saturated rings. The maximum Gasteiger partial charge on any atom is 0.326 e. The first-order chi connectivity index (χ1) is 9.97. The minimum absolute atomic E-state index is 0.0627. The van der Waals surface area contributed by atoms with Crippen molar-refractivity contribution in [3.05, 3.63) is 35.4 Å². The number of aliphatic hydroxyl groups excluding tert-OH is 1. The van der Waals surface area contributed by atoms with Crippen LogP contribution in [-0.2, 0) is 11.2 Å². The largest absolute Gasteiger partial charge is 0.480 e. The van der Waals surface area contributed by atoms with Gasteiger partial charge in [-0.15, -0.1) is 0 Å². The Morgan fingerprint density at radius 2 is 2.19 bits per heavy atom. The predicted molar refractivity (Wildman–Crippen MR) is 77.0 cm³/mol. The molecule has 0 bridgehead atoms. The number of hydrogen-bond donors (Lipinski definition) is 3. The fourth-order valence-electron chi connectivity index (χ4n) is 2.56. The van der Waals surface area contributed by atoms with E-state index in [-0.39, 0.29) is 13.0 Å². The molecule has 1 aliphatic heterocycles. The number of carboxylic acids is 1. The highest BCUT2D eigenvalue weighted by Gasteiger charge is 2.38. The first-order valence-electron chi connectivity index (χ1n) is 6.98. The number of rotatable bonds is 4. The fraction of sp³-hybridized carbons (Fsp3) is 0.467. The topological polar surface area (TPSA) is 89.9 Å². The zero-order valence-corrected chi connectivity index (χ0v) is 12.0. The van der Waals surface area contributed by atoms with Crippen LogP contribution in [0.5, 0.6) is 0 Å². The second-order valence-electron chi connectivity index (χ2n) is 5.37. The van der Waals surface area contributed by atoms with Gasteiger partial charge in [0, 0.05) is 19.5 Å². The van der Waals surface area contributed by atoms with E-state index in [4.69, 9.17) is 5.11 Å². The van der Waals surface area contributed by atoms with Gasteiger partial charge in [-0.1, -0.05) is 29.8 Å². The maximum absolute atomic E-state index is 12.0. The minimum Gasteiger partial charge on any atom is -0.480 e. The Kier molecular flexibility index (Phi) is 4.80. The summed E-state index contributed by atoms with van der Waals surface area (Å²) in [6.45, 7) is 2.50. The predicted octanol–water partition coefficient (Wildman–Crippen LogP) is 0.767. The molecule has 6 heteroatoms. The summed E-state index contributed by atoms with van der Waals surface area (Å²) in [5, 5.41) is 21.3. The summed E-state index contributed by atoms with van der Waals surface area (Å²) in [6.07, 6.45) is -0.00374. The molecule has 2 atom stereocenters. The van der Waals surface area contributed by atoms with Crippen molar-refractivity contribution >= 4 is 12.0 Å². The Morgan fingerprint density at radius 3 is 2.86 bits per heavy atom. The molecule has 3 N–H and O–H groups in total. The summed E-state index contributed by atoms with van der Waals surface area (Å²) < 4.78 is 0. The van der Waals surface area contributed by atoms with E-state index in [0.717, 1.165) is 11.1 Å². The number of aryl methyl sites for hydroxylation is 1. The Hall–Kier alpha value is -2.08. The van der Waals surface area contributed by atoms with E-state index in [1.807, 2.05) is 31.2 Å². The Labute approximate surface area is 123 Å². The highest BCUT2D eigenvalue weighted by atomic mass is 16.4. The molecule has 6 nitrogen and oxygen atoms in total. The highest BCUT2D eigenvalue weighted by Crippen LogP contribution is 2.18. The van der Waals surface area contributed by atoms with Crippen LogP contribution < -0.4 is 5.32 Å². The number of carbonyl (C=O) groups excluding carboxylic acids is 1. The van der Waals surface area contributed by atoms with E-state index in [1.54, 1.807) is 0 Å². The van der Waals surface area contributed by atoms with Gasteiger partial charge in [-0.2, -0.15) is 0 Å². The van der Waals surface area contributed by atoms with Crippen molar-refractivity contribution in [3.8, 4) is 0 Å². The SMILES string of the molecule is Cc1cccc(CCNC(=O)N2CC(O)C[C@H]2C(=O)O)c1. The van der Waals surface area contributed by atoms with Gasteiger partial charge in [-0.05, 0) is 18.9 Å². The van der Waals surface area contributed by atoms with Crippen molar-refractivity contribution in [2.75, 3.05) is 13.1 Å². The van der Waals surface area contributed by atoms with Crippen molar-refractivity contribution in [1.82, 2.24) is 10.2 Å².